The van der Waals surface area contributed by atoms with E-state index in [1.165, 1.54) is 19.3 Å². The van der Waals surface area contributed by atoms with Crippen LogP contribution in [0.1, 0.15) is 24.8 Å². The molecule has 23 heavy (non-hydrogen) atoms. The van der Waals surface area contributed by atoms with Gasteiger partial charge >= 0.3 is 0 Å². The Balaban J connectivity index is 1.57. The maximum Gasteiger partial charge on any atom is 0.236 e. The molecule has 5 nitrogen and oxygen atoms in total. The van der Waals surface area contributed by atoms with Gasteiger partial charge in [0, 0.05) is 30.9 Å². The Kier molecular flexibility index (Phi) is 4.97. The van der Waals surface area contributed by atoms with Crippen molar-refractivity contribution in [3.05, 3.63) is 30.1 Å². The fourth-order valence-corrected chi connectivity index (χ4v) is 4.06. The molecule has 0 radical (unpaired) electrons. The van der Waals surface area contributed by atoms with Crippen molar-refractivity contribution >= 4 is 5.91 Å². The number of carbonyl (C=O) groups excluding carboxylic acids is 1. The zero-order valence-corrected chi connectivity index (χ0v) is 14.2. The Morgan fingerprint density at radius 3 is 2.96 bits per heavy atom. The molecule has 0 N–H and O–H groups in total. The first-order valence-corrected chi connectivity index (χ1v) is 8.48. The Morgan fingerprint density at radius 2 is 2.22 bits per heavy atom. The van der Waals surface area contributed by atoms with Gasteiger partial charge in [-0.2, -0.15) is 0 Å². The summed E-state index contributed by atoms with van der Waals surface area (Å²) < 4.78 is 6.04. The van der Waals surface area contributed by atoms with Crippen molar-refractivity contribution in [1.82, 2.24) is 14.8 Å². The summed E-state index contributed by atoms with van der Waals surface area (Å²) >= 11 is 0. The van der Waals surface area contributed by atoms with Crippen LogP contribution in [0, 0.1) is 11.3 Å². The summed E-state index contributed by atoms with van der Waals surface area (Å²) in [6.45, 7) is 3.65. The van der Waals surface area contributed by atoms with Gasteiger partial charge in [0.25, 0.3) is 0 Å². The van der Waals surface area contributed by atoms with Crippen molar-refractivity contribution in [3.63, 3.8) is 0 Å². The van der Waals surface area contributed by atoms with Crippen LogP contribution in [0.2, 0.25) is 0 Å². The predicted molar refractivity (Wildman–Crippen MR) is 88.8 cm³/mol. The summed E-state index contributed by atoms with van der Waals surface area (Å²) in [7, 11) is 3.89. The molecular weight excluding hydrogens is 290 g/mol. The molecule has 1 saturated carbocycles. The molecule has 0 aromatic carbocycles. The number of nitrogens with zero attached hydrogens (tertiary/aromatic N) is 3. The number of ether oxygens (including phenoxy) is 1. The molecule has 126 valence electrons. The number of fused-ring (bicyclic) bond motifs is 1. The van der Waals surface area contributed by atoms with Gasteiger partial charge < -0.3 is 14.5 Å². The van der Waals surface area contributed by atoms with Crippen LogP contribution < -0.4 is 0 Å². The first-order valence-electron chi connectivity index (χ1n) is 8.48. The van der Waals surface area contributed by atoms with E-state index in [0.717, 1.165) is 25.3 Å². The van der Waals surface area contributed by atoms with E-state index in [-0.39, 0.29) is 11.3 Å². The Bertz CT molecular complexity index is 534. The molecule has 1 aliphatic heterocycles. The maximum absolute atomic E-state index is 12.4. The smallest absolute Gasteiger partial charge is 0.236 e. The molecule has 2 heterocycles. The molecule has 1 amide bonds. The summed E-state index contributed by atoms with van der Waals surface area (Å²) in [6, 6.07) is 3.98. The SMILES string of the molecule is CN(C)CC(=O)N1C[C@H]2CCC[C@]2(COCc2ccncc2)C1. The molecule has 0 spiro atoms. The Labute approximate surface area is 138 Å². The summed E-state index contributed by atoms with van der Waals surface area (Å²) in [5.74, 6) is 0.851. The van der Waals surface area contributed by atoms with E-state index in [0.29, 0.717) is 19.1 Å². The number of likely N-dealkylation sites (N-methyl/N-ethyl adjacent to an activating group) is 1. The second-order valence-electron chi connectivity index (χ2n) is 7.31. The standard InChI is InChI=1S/C18H27N3O2/c1-20(2)11-17(22)21-10-16-4-3-7-18(16,13-21)14-23-12-15-5-8-19-9-6-15/h5-6,8-9,16H,3-4,7,10-14H2,1-2H3/t16-,18-/m1/s1. The van der Waals surface area contributed by atoms with E-state index < -0.39 is 0 Å². The number of rotatable bonds is 6. The van der Waals surface area contributed by atoms with E-state index in [2.05, 4.69) is 9.88 Å². The van der Waals surface area contributed by atoms with E-state index in [4.69, 9.17) is 4.74 Å². The second-order valence-corrected chi connectivity index (χ2v) is 7.31. The summed E-state index contributed by atoms with van der Waals surface area (Å²) in [5, 5.41) is 0. The van der Waals surface area contributed by atoms with E-state index in [9.17, 15) is 4.79 Å². The number of pyridine rings is 1. The van der Waals surface area contributed by atoms with Gasteiger partial charge in [0.1, 0.15) is 0 Å². The quantitative estimate of drug-likeness (QED) is 0.802. The van der Waals surface area contributed by atoms with Crippen LogP contribution in [-0.2, 0) is 16.1 Å². The van der Waals surface area contributed by atoms with E-state index in [1.54, 1.807) is 12.4 Å². The summed E-state index contributed by atoms with van der Waals surface area (Å²) in [4.78, 5) is 20.4. The minimum absolute atomic E-state index is 0.176. The van der Waals surface area contributed by atoms with Crippen LogP contribution >= 0.6 is 0 Å². The molecule has 1 aliphatic carbocycles. The minimum atomic E-state index is 0.176. The minimum Gasteiger partial charge on any atom is -0.376 e. The van der Waals surface area contributed by atoms with Crippen LogP contribution in [0.25, 0.3) is 0 Å². The van der Waals surface area contributed by atoms with Crippen molar-refractivity contribution in [2.24, 2.45) is 11.3 Å². The molecule has 1 saturated heterocycles. The number of aromatic nitrogens is 1. The van der Waals surface area contributed by atoms with Gasteiger partial charge in [-0.05, 0) is 50.6 Å². The zero-order valence-electron chi connectivity index (χ0n) is 14.2. The van der Waals surface area contributed by atoms with Crippen molar-refractivity contribution < 1.29 is 9.53 Å². The average Bonchev–Trinajstić information content (AvgIpc) is 3.04. The van der Waals surface area contributed by atoms with E-state index in [1.807, 2.05) is 31.1 Å². The Hall–Kier alpha value is -1.46. The highest BCUT2D eigenvalue weighted by Crippen LogP contribution is 2.48. The van der Waals surface area contributed by atoms with Crippen LogP contribution in [0.5, 0.6) is 0 Å². The van der Waals surface area contributed by atoms with Gasteiger partial charge in [0.15, 0.2) is 0 Å². The lowest BCUT2D eigenvalue weighted by Crippen LogP contribution is -2.38. The molecule has 1 aromatic rings. The fraction of sp³-hybridized carbons (Fsp3) is 0.667. The number of hydrogen-bond donors (Lipinski definition) is 0. The summed E-state index contributed by atoms with van der Waals surface area (Å²) in [5.41, 5.74) is 1.33. The third kappa shape index (κ3) is 3.72. The van der Waals surface area contributed by atoms with Gasteiger partial charge in [-0.3, -0.25) is 9.78 Å². The largest absolute Gasteiger partial charge is 0.376 e. The third-order valence-electron chi connectivity index (χ3n) is 5.25. The second kappa shape index (κ2) is 6.97. The molecule has 2 fully saturated rings. The number of amides is 1. The molecular formula is C18H27N3O2. The van der Waals surface area contributed by atoms with Gasteiger partial charge in [-0.1, -0.05) is 6.42 Å². The van der Waals surface area contributed by atoms with E-state index >= 15 is 0 Å². The van der Waals surface area contributed by atoms with Crippen molar-refractivity contribution in [2.75, 3.05) is 40.3 Å². The maximum atomic E-state index is 12.4. The first kappa shape index (κ1) is 16.4. The molecule has 1 aromatic heterocycles. The van der Waals surface area contributed by atoms with Crippen LogP contribution in [0.15, 0.2) is 24.5 Å². The predicted octanol–water partition coefficient (Wildman–Crippen LogP) is 1.79. The molecule has 2 atom stereocenters. The lowest BCUT2D eigenvalue weighted by molar-refractivity contribution is -0.131. The molecule has 5 heteroatoms. The number of carbonyl (C=O) groups is 1. The fourth-order valence-electron chi connectivity index (χ4n) is 4.06. The lowest BCUT2D eigenvalue weighted by Gasteiger charge is -2.28. The molecule has 0 bridgehead atoms. The highest BCUT2D eigenvalue weighted by atomic mass is 16.5. The highest BCUT2D eigenvalue weighted by molar-refractivity contribution is 5.78. The van der Waals surface area contributed by atoms with Crippen LogP contribution in [-0.4, -0.2) is 61.0 Å². The molecule has 2 aliphatic rings. The topological polar surface area (TPSA) is 45.7 Å². The number of likely N-dealkylation sites (tertiary alicyclic amines) is 1. The van der Waals surface area contributed by atoms with Gasteiger partial charge in [0.05, 0.1) is 19.8 Å². The van der Waals surface area contributed by atoms with Crippen molar-refractivity contribution in [1.29, 1.82) is 0 Å². The zero-order chi connectivity index (χ0) is 16.3. The monoisotopic (exact) mass is 317 g/mol. The summed E-state index contributed by atoms with van der Waals surface area (Å²) in [6.07, 6.45) is 7.27. The van der Waals surface area contributed by atoms with Crippen LogP contribution in [0.4, 0.5) is 0 Å². The third-order valence-corrected chi connectivity index (χ3v) is 5.25. The Morgan fingerprint density at radius 1 is 1.43 bits per heavy atom. The van der Waals surface area contributed by atoms with Gasteiger partial charge in [-0.15, -0.1) is 0 Å². The normalized spacial score (nSPS) is 26.7. The number of hydrogen-bond acceptors (Lipinski definition) is 4. The van der Waals surface area contributed by atoms with Gasteiger partial charge in [-0.25, -0.2) is 0 Å². The molecule has 0 unspecified atom stereocenters. The first-order chi connectivity index (χ1) is 11.1. The molecule has 3 rings (SSSR count). The highest BCUT2D eigenvalue weighted by Gasteiger charge is 2.50. The van der Waals surface area contributed by atoms with Gasteiger partial charge in [0.2, 0.25) is 5.91 Å². The van der Waals surface area contributed by atoms with Crippen molar-refractivity contribution in [2.45, 2.75) is 25.9 Å². The lowest BCUT2D eigenvalue weighted by atomic mass is 9.81. The van der Waals surface area contributed by atoms with Crippen molar-refractivity contribution in [3.8, 4) is 0 Å². The van der Waals surface area contributed by atoms with Crippen LogP contribution in [0.3, 0.4) is 0 Å². The average molecular weight is 317 g/mol.